The molecule has 0 spiro atoms. The minimum atomic E-state index is -0.710. The predicted octanol–water partition coefficient (Wildman–Crippen LogP) is 4.91. The van der Waals surface area contributed by atoms with Crippen LogP contribution in [0, 0.1) is 0 Å². The molecule has 0 amide bonds. The number of rotatable bonds is 0. The van der Waals surface area contributed by atoms with E-state index in [0.717, 1.165) is 0 Å². The lowest BCUT2D eigenvalue weighted by molar-refractivity contribution is 1.30. The highest BCUT2D eigenvalue weighted by Crippen LogP contribution is 2.39. The molecule has 140 valence electrons. The van der Waals surface area contributed by atoms with Crippen LogP contribution in [0.15, 0.2) is 94.6 Å². The SMILES string of the molecule is O=c1nc2ccnc-2c1=O.c1cc2cccc3c4cccc5cccc(c(c1)c23)c54. The normalized spacial score (nSPS) is 11.6. The van der Waals surface area contributed by atoms with Crippen molar-refractivity contribution in [1.82, 2.24) is 9.97 Å². The highest BCUT2D eigenvalue weighted by molar-refractivity contribution is 6.32. The average Bonchev–Trinajstić information content (AvgIpc) is 3.35. The Bertz CT molecular complexity index is 1570. The van der Waals surface area contributed by atoms with Gasteiger partial charge in [-0.15, -0.1) is 0 Å². The second kappa shape index (κ2) is 6.16. The first kappa shape index (κ1) is 16.7. The van der Waals surface area contributed by atoms with Crippen LogP contribution in [0.5, 0.6) is 0 Å². The molecule has 5 aromatic carbocycles. The minimum Gasteiger partial charge on any atom is -0.281 e. The quantitative estimate of drug-likeness (QED) is 0.211. The summed E-state index contributed by atoms with van der Waals surface area (Å²) in [6, 6.07) is 28.0. The van der Waals surface area contributed by atoms with Gasteiger partial charge in [0.1, 0.15) is 5.69 Å². The fourth-order valence-electron chi connectivity index (χ4n) is 4.43. The van der Waals surface area contributed by atoms with Gasteiger partial charge in [0.05, 0.1) is 5.69 Å². The largest absolute Gasteiger partial charge is 0.320 e. The van der Waals surface area contributed by atoms with Crippen molar-refractivity contribution in [2.45, 2.75) is 0 Å². The number of hydrogen-bond acceptors (Lipinski definition) is 4. The zero-order valence-corrected chi connectivity index (χ0v) is 15.8. The van der Waals surface area contributed by atoms with Crippen LogP contribution in [-0.2, 0) is 0 Å². The van der Waals surface area contributed by atoms with Crippen molar-refractivity contribution in [3.8, 4) is 11.4 Å². The molecule has 30 heavy (non-hydrogen) atoms. The second-order valence-corrected chi connectivity index (χ2v) is 7.34. The topological polar surface area (TPSA) is 59.9 Å². The molecule has 2 heterocycles. The third-order valence-corrected chi connectivity index (χ3v) is 5.70. The summed E-state index contributed by atoms with van der Waals surface area (Å²) < 4.78 is 0. The molecule has 0 saturated heterocycles. The zero-order valence-electron chi connectivity index (χ0n) is 15.8. The van der Waals surface area contributed by atoms with E-state index in [1.54, 1.807) is 0 Å². The van der Waals surface area contributed by atoms with Gasteiger partial charge in [-0.05, 0) is 49.2 Å². The van der Waals surface area contributed by atoms with Gasteiger partial charge >= 0.3 is 5.56 Å². The van der Waals surface area contributed by atoms with E-state index < -0.39 is 11.0 Å². The Morgan fingerprint density at radius 3 is 1.47 bits per heavy atom. The van der Waals surface area contributed by atoms with Crippen molar-refractivity contribution in [2.24, 2.45) is 0 Å². The van der Waals surface area contributed by atoms with Gasteiger partial charge in [-0.25, -0.2) is 4.98 Å². The molecule has 0 N–H and O–H groups in total. The van der Waals surface area contributed by atoms with Crippen molar-refractivity contribution in [1.29, 1.82) is 0 Å². The maximum atomic E-state index is 10.8. The smallest absolute Gasteiger partial charge is 0.281 e. The summed E-state index contributed by atoms with van der Waals surface area (Å²) in [5, 5.41) is 10.9. The summed E-state index contributed by atoms with van der Waals surface area (Å²) >= 11 is 0. The van der Waals surface area contributed by atoms with E-state index in [0.29, 0.717) is 5.69 Å². The van der Waals surface area contributed by atoms with E-state index in [1.165, 1.54) is 55.4 Å². The Morgan fingerprint density at radius 1 is 0.567 bits per heavy atom. The molecule has 0 saturated carbocycles. The van der Waals surface area contributed by atoms with Gasteiger partial charge in [0, 0.05) is 6.20 Å². The zero-order chi connectivity index (χ0) is 20.2. The number of aromatic nitrogens is 2. The Morgan fingerprint density at radius 2 is 1.03 bits per heavy atom. The van der Waals surface area contributed by atoms with Gasteiger partial charge in [-0.3, -0.25) is 14.6 Å². The van der Waals surface area contributed by atoms with Crippen LogP contribution in [0.25, 0.3) is 54.5 Å². The first-order valence-corrected chi connectivity index (χ1v) is 9.69. The van der Waals surface area contributed by atoms with Crippen LogP contribution >= 0.6 is 0 Å². The van der Waals surface area contributed by atoms with Crippen molar-refractivity contribution in [3.63, 3.8) is 0 Å². The van der Waals surface area contributed by atoms with Crippen LogP contribution in [0.4, 0.5) is 0 Å². The Kier molecular flexibility index (Phi) is 3.44. The van der Waals surface area contributed by atoms with Gasteiger partial charge in [-0.2, -0.15) is 0 Å². The number of benzene rings is 5. The standard InChI is InChI=1S/C20H12.C6H2N2O2/c1-5-13-6-2-11-17-18-12-4-8-14-7-3-10-16(20(14)18)15(9-1)19(13)17;9-5-4-3(1-2-7-4)8-6(5)10/h1-12H;1-2H. The van der Waals surface area contributed by atoms with Crippen molar-refractivity contribution >= 4 is 43.1 Å². The number of nitrogens with zero attached hydrogens (tertiary/aromatic N) is 2. The van der Waals surface area contributed by atoms with Crippen molar-refractivity contribution in [2.75, 3.05) is 0 Å². The van der Waals surface area contributed by atoms with Crippen LogP contribution in [0.1, 0.15) is 0 Å². The van der Waals surface area contributed by atoms with Gasteiger partial charge < -0.3 is 0 Å². The summed E-state index contributed by atoms with van der Waals surface area (Å²) in [5.41, 5.74) is -0.724. The van der Waals surface area contributed by atoms with E-state index in [2.05, 4.69) is 82.8 Å². The molecule has 7 rings (SSSR count). The summed E-state index contributed by atoms with van der Waals surface area (Å²) in [5.74, 6) is 0. The Hall–Kier alpha value is -4.18. The molecule has 5 aromatic rings. The first-order valence-electron chi connectivity index (χ1n) is 9.69. The summed E-state index contributed by atoms with van der Waals surface area (Å²) in [6.07, 6.45) is 1.46. The molecule has 4 heteroatoms. The molecular formula is C26H14N2O2. The first-order chi connectivity index (χ1) is 14.7. The maximum Gasteiger partial charge on any atom is 0.320 e. The molecule has 0 unspecified atom stereocenters. The molecule has 2 aliphatic heterocycles. The fourth-order valence-corrected chi connectivity index (χ4v) is 4.43. The molecule has 0 bridgehead atoms. The monoisotopic (exact) mass is 386 g/mol. The van der Waals surface area contributed by atoms with Crippen molar-refractivity contribution < 1.29 is 0 Å². The van der Waals surface area contributed by atoms with Crippen LogP contribution < -0.4 is 11.0 Å². The highest BCUT2D eigenvalue weighted by Gasteiger charge is 2.14. The lowest BCUT2D eigenvalue weighted by atomic mass is 9.90. The van der Waals surface area contributed by atoms with Crippen molar-refractivity contribution in [3.05, 3.63) is 106 Å². The van der Waals surface area contributed by atoms with Gasteiger partial charge in [0.15, 0.2) is 0 Å². The average molecular weight is 386 g/mol. The van der Waals surface area contributed by atoms with E-state index >= 15 is 0 Å². The second-order valence-electron chi connectivity index (χ2n) is 7.34. The summed E-state index contributed by atoms with van der Waals surface area (Å²) in [6.45, 7) is 0. The van der Waals surface area contributed by atoms with E-state index in [1.807, 2.05) is 0 Å². The van der Waals surface area contributed by atoms with E-state index in [-0.39, 0.29) is 5.69 Å². The lowest BCUT2D eigenvalue weighted by Gasteiger charge is -2.13. The molecule has 0 fully saturated rings. The third-order valence-electron chi connectivity index (χ3n) is 5.70. The van der Waals surface area contributed by atoms with Gasteiger partial charge in [-0.1, -0.05) is 72.8 Å². The van der Waals surface area contributed by atoms with Crippen LogP contribution in [-0.4, -0.2) is 9.97 Å². The molecule has 2 aliphatic rings. The Labute approximate surface area is 170 Å². The summed E-state index contributed by atoms with van der Waals surface area (Å²) in [4.78, 5) is 28.4. The van der Waals surface area contributed by atoms with Crippen LogP contribution in [0.2, 0.25) is 0 Å². The van der Waals surface area contributed by atoms with Gasteiger partial charge in [0.25, 0.3) is 5.43 Å². The fraction of sp³-hybridized carbons (Fsp3) is 0. The highest BCUT2D eigenvalue weighted by atomic mass is 16.2. The van der Waals surface area contributed by atoms with E-state index in [9.17, 15) is 9.59 Å². The lowest BCUT2D eigenvalue weighted by Crippen LogP contribution is -2.19. The molecular weight excluding hydrogens is 372 g/mol. The molecule has 0 aliphatic carbocycles. The minimum absolute atomic E-state index is 0.185. The maximum absolute atomic E-state index is 10.8. The van der Waals surface area contributed by atoms with Crippen LogP contribution in [0.3, 0.4) is 0 Å². The number of fused-ring (bicyclic) bond motifs is 3. The van der Waals surface area contributed by atoms with E-state index in [4.69, 9.17) is 0 Å². The Balaban J connectivity index is 0.000000147. The van der Waals surface area contributed by atoms with Gasteiger partial charge in [0.2, 0.25) is 0 Å². The molecule has 0 aromatic heterocycles. The molecule has 0 radical (unpaired) electrons. The molecule has 0 atom stereocenters. The molecule has 4 nitrogen and oxygen atoms in total. The summed E-state index contributed by atoms with van der Waals surface area (Å²) in [7, 11) is 0. The number of hydrogen-bond donors (Lipinski definition) is 0. The predicted molar refractivity (Wildman–Crippen MR) is 121 cm³/mol. The third kappa shape index (κ3) is 2.28.